The molecule has 1 aliphatic heterocycles. The van der Waals surface area contributed by atoms with E-state index in [1.807, 2.05) is 42.5 Å². The molecule has 128 valence electrons. The molecule has 0 aliphatic carbocycles. The number of thiophene rings is 1. The van der Waals surface area contributed by atoms with Gasteiger partial charge in [-0.1, -0.05) is 22.0 Å². The largest absolute Gasteiger partial charge is 0.321 e. The Kier molecular flexibility index (Phi) is 6.05. The minimum atomic E-state index is -0.0167. The summed E-state index contributed by atoms with van der Waals surface area (Å²) in [6.45, 7) is 7.51. The van der Waals surface area contributed by atoms with Crippen molar-refractivity contribution in [3.8, 4) is 0 Å². The Balaban J connectivity index is 1.48. The smallest absolute Gasteiger partial charge is 0.282 e. The molecule has 6 heteroatoms. The third-order valence-corrected chi connectivity index (χ3v) is 6.13. The summed E-state index contributed by atoms with van der Waals surface area (Å²) in [7, 11) is 0. The number of nitrogens with one attached hydrogen (secondary N) is 3. The van der Waals surface area contributed by atoms with Crippen LogP contribution in [0.3, 0.4) is 0 Å². The Morgan fingerprint density at radius 3 is 2.54 bits per heavy atom. The van der Waals surface area contributed by atoms with Crippen molar-refractivity contribution in [1.82, 2.24) is 0 Å². The van der Waals surface area contributed by atoms with Gasteiger partial charge in [0.15, 0.2) is 6.04 Å². The maximum atomic E-state index is 12.5. The predicted octanol–water partition coefficient (Wildman–Crippen LogP) is 0.821. The maximum Gasteiger partial charge on any atom is 0.282 e. The molecular formula is C18H24BrN3OS+2. The first-order valence-corrected chi connectivity index (χ1v) is 10.1. The lowest BCUT2D eigenvalue weighted by molar-refractivity contribution is -1.02. The van der Waals surface area contributed by atoms with Gasteiger partial charge in [0, 0.05) is 10.2 Å². The fraction of sp³-hybridized carbons (Fsp3) is 0.389. The monoisotopic (exact) mass is 409 g/mol. The fourth-order valence-corrected chi connectivity index (χ4v) is 4.20. The van der Waals surface area contributed by atoms with Crippen molar-refractivity contribution in [1.29, 1.82) is 0 Å². The molecule has 1 aliphatic rings. The van der Waals surface area contributed by atoms with Gasteiger partial charge in [-0.15, -0.1) is 11.3 Å². The number of anilines is 1. The van der Waals surface area contributed by atoms with Crippen LogP contribution < -0.4 is 15.1 Å². The van der Waals surface area contributed by atoms with E-state index in [-0.39, 0.29) is 11.9 Å². The summed E-state index contributed by atoms with van der Waals surface area (Å²) in [6.07, 6.45) is 0. The number of hydrogen-bond donors (Lipinski definition) is 3. The normalized spacial score (nSPS) is 22.1. The summed E-state index contributed by atoms with van der Waals surface area (Å²) in [4.78, 5) is 17.0. The topological polar surface area (TPSA) is 38.0 Å². The summed E-state index contributed by atoms with van der Waals surface area (Å²) < 4.78 is 1.02. The molecule has 0 bridgehead atoms. The zero-order valence-electron chi connectivity index (χ0n) is 13.8. The van der Waals surface area contributed by atoms with Crippen molar-refractivity contribution in [2.75, 3.05) is 31.5 Å². The molecule has 1 fully saturated rings. The molecule has 0 spiro atoms. The molecule has 1 amide bonds. The zero-order chi connectivity index (χ0) is 16.9. The van der Waals surface area contributed by atoms with Gasteiger partial charge in [0.25, 0.3) is 5.91 Å². The zero-order valence-corrected chi connectivity index (χ0v) is 16.3. The van der Waals surface area contributed by atoms with E-state index in [9.17, 15) is 4.79 Å². The Morgan fingerprint density at radius 2 is 1.92 bits per heavy atom. The van der Waals surface area contributed by atoms with E-state index in [1.54, 1.807) is 4.90 Å². The van der Waals surface area contributed by atoms with Gasteiger partial charge in [0.1, 0.15) is 32.7 Å². The SMILES string of the molecule is C[C@@H](C(=O)Nc1ccc(Br)cc1)[NH+]1CC[NH+](Cc2cccs2)CC1. The first kappa shape index (κ1) is 17.6. The molecular weight excluding hydrogens is 386 g/mol. The highest BCUT2D eigenvalue weighted by Crippen LogP contribution is 2.14. The van der Waals surface area contributed by atoms with Gasteiger partial charge in [0.05, 0.1) is 4.88 Å². The van der Waals surface area contributed by atoms with E-state index in [1.165, 1.54) is 9.78 Å². The number of benzene rings is 1. The van der Waals surface area contributed by atoms with Crippen molar-refractivity contribution in [3.63, 3.8) is 0 Å². The van der Waals surface area contributed by atoms with Crippen LogP contribution in [0, 0.1) is 0 Å². The highest BCUT2D eigenvalue weighted by Gasteiger charge is 2.31. The van der Waals surface area contributed by atoms with Crippen molar-refractivity contribution in [2.45, 2.75) is 19.5 Å². The van der Waals surface area contributed by atoms with E-state index in [0.717, 1.165) is 42.9 Å². The van der Waals surface area contributed by atoms with E-state index >= 15 is 0 Å². The number of halogens is 1. The first-order chi connectivity index (χ1) is 11.6. The lowest BCUT2D eigenvalue weighted by Gasteiger charge is -2.32. The first-order valence-electron chi connectivity index (χ1n) is 8.39. The minimum Gasteiger partial charge on any atom is -0.321 e. The van der Waals surface area contributed by atoms with Gasteiger partial charge in [-0.3, -0.25) is 4.79 Å². The maximum absolute atomic E-state index is 12.5. The molecule has 4 nitrogen and oxygen atoms in total. The molecule has 3 rings (SSSR count). The molecule has 24 heavy (non-hydrogen) atoms. The number of carbonyl (C=O) groups is 1. The summed E-state index contributed by atoms with van der Waals surface area (Å²) in [5.41, 5.74) is 0.858. The van der Waals surface area contributed by atoms with Crippen molar-refractivity contribution in [2.24, 2.45) is 0 Å². The number of carbonyl (C=O) groups excluding carboxylic acids is 1. The number of rotatable bonds is 5. The van der Waals surface area contributed by atoms with Gasteiger partial charge in [-0.05, 0) is 42.6 Å². The van der Waals surface area contributed by atoms with E-state index in [4.69, 9.17) is 0 Å². The minimum absolute atomic E-state index is 0.0167. The second kappa shape index (κ2) is 8.25. The molecule has 0 radical (unpaired) electrons. The van der Waals surface area contributed by atoms with Crippen molar-refractivity contribution < 1.29 is 14.6 Å². The molecule has 1 aromatic heterocycles. The van der Waals surface area contributed by atoms with Crippen LogP contribution >= 0.6 is 27.3 Å². The molecule has 0 saturated carbocycles. The van der Waals surface area contributed by atoms with Gasteiger partial charge < -0.3 is 15.1 Å². The second-order valence-corrected chi connectivity index (χ2v) is 8.33. The fourth-order valence-electron chi connectivity index (χ4n) is 3.16. The lowest BCUT2D eigenvalue weighted by Crippen LogP contribution is -3.29. The highest BCUT2D eigenvalue weighted by molar-refractivity contribution is 9.10. The highest BCUT2D eigenvalue weighted by atomic mass is 79.9. The summed E-state index contributed by atoms with van der Waals surface area (Å²) in [6, 6.07) is 12.1. The molecule has 1 atom stereocenters. The van der Waals surface area contributed by atoms with Crippen LogP contribution in [0.5, 0.6) is 0 Å². The summed E-state index contributed by atoms with van der Waals surface area (Å²) >= 11 is 5.25. The Bertz CT molecular complexity index is 651. The Hall–Kier alpha value is -1.21. The lowest BCUT2D eigenvalue weighted by atomic mass is 10.2. The van der Waals surface area contributed by atoms with Crippen LogP contribution in [0.4, 0.5) is 5.69 Å². The van der Waals surface area contributed by atoms with E-state index < -0.39 is 0 Å². The third-order valence-electron chi connectivity index (χ3n) is 4.72. The number of quaternary nitrogens is 2. The van der Waals surface area contributed by atoms with Crippen molar-refractivity contribution in [3.05, 3.63) is 51.1 Å². The molecule has 2 heterocycles. The van der Waals surface area contributed by atoms with Gasteiger partial charge in [-0.2, -0.15) is 0 Å². The average molecular weight is 410 g/mol. The van der Waals surface area contributed by atoms with Crippen molar-refractivity contribution >= 4 is 38.9 Å². The van der Waals surface area contributed by atoms with Crippen LogP contribution in [-0.2, 0) is 11.3 Å². The number of piperazine rings is 1. The second-order valence-electron chi connectivity index (χ2n) is 6.38. The molecule has 3 N–H and O–H groups in total. The van der Waals surface area contributed by atoms with Gasteiger partial charge in [-0.25, -0.2) is 0 Å². The predicted molar refractivity (Wildman–Crippen MR) is 102 cm³/mol. The Morgan fingerprint density at radius 1 is 1.21 bits per heavy atom. The standard InChI is InChI=1S/C18H22BrN3OS/c1-14(18(23)20-16-6-4-15(19)5-7-16)22-10-8-21(9-11-22)13-17-3-2-12-24-17/h2-7,12,14H,8-11,13H2,1H3,(H,20,23)/p+2/t14-/m0/s1. The van der Waals surface area contributed by atoms with Gasteiger partial charge >= 0.3 is 0 Å². The van der Waals surface area contributed by atoms with Crippen LogP contribution in [0.15, 0.2) is 46.3 Å². The Labute approximate surface area is 155 Å². The summed E-state index contributed by atoms with van der Waals surface area (Å²) in [5.74, 6) is 0.106. The average Bonchev–Trinajstić information content (AvgIpc) is 3.10. The molecule has 2 aromatic rings. The van der Waals surface area contributed by atoms with Crippen LogP contribution in [0.1, 0.15) is 11.8 Å². The quantitative estimate of drug-likeness (QED) is 0.671. The van der Waals surface area contributed by atoms with Gasteiger partial charge in [0.2, 0.25) is 0 Å². The number of amides is 1. The summed E-state index contributed by atoms with van der Waals surface area (Å²) in [5, 5.41) is 5.17. The third kappa shape index (κ3) is 4.66. The van der Waals surface area contributed by atoms with Crippen LogP contribution in [0.25, 0.3) is 0 Å². The molecule has 0 unspecified atom stereocenters. The van der Waals surface area contributed by atoms with E-state index in [2.05, 4.69) is 38.8 Å². The number of hydrogen-bond acceptors (Lipinski definition) is 2. The van der Waals surface area contributed by atoms with E-state index in [0.29, 0.717) is 0 Å². The van der Waals surface area contributed by atoms with Crippen LogP contribution in [0.2, 0.25) is 0 Å². The van der Waals surface area contributed by atoms with Crippen LogP contribution in [-0.4, -0.2) is 38.1 Å². The molecule has 1 aromatic carbocycles. The molecule has 1 saturated heterocycles.